The molecule has 0 fully saturated rings. The van der Waals surface area contributed by atoms with Crippen LogP contribution in [0.4, 0.5) is 5.82 Å². The summed E-state index contributed by atoms with van der Waals surface area (Å²) in [5, 5.41) is 6.68. The zero-order valence-corrected chi connectivity index (χ0v) is 15.5. The van der Waals surface area contributed by atoms with Crippen molar-refractivity contribution < 1.29 is 9.53 Å². The molecule has 1 heterocycles. The summed E-state index contributed by atoms with van der Waals surface area (Å²) >= 11 is 6.15. The van der Waals surface area contributed by atoms with Gasteiger partial charge in [0.15, 0.2) is 0 Å². The minimum atomic E-state index is -0.269. The molecule has 0 aliphatic rings. The monoisotopic (exact) mass is 382 g/mol. The van der Waals surface area contributed by atoms with Gasteiger partial charge in [-0.05, 0) is 29.3 Å². The SMILES string of the molecule is COc1ccc(CNC(=O)c2cc(NCc3ccccc3Cl)ncn2)cc1. The maximum atomic E-state index is 12.3. The Morgan fingerprint density at radius 2 is 1.85 bits per heavy atom. The van der Waals surface area contributed by atoms with E-state index in [2.05, 4.69) is 20.6 Å². The molecule has 0 spiro atoms. The molecule has 0 bridgehead atoms. The fourth-order valence-corrected chi connectivity index (χ4v) is 2.62. The summed E-state index contributed by atoms with van der Waals surface area (Å²) in [6.07, 6.45) is 1.36. The number of nitrogens with zero attached hydrogens (tertiary/aromatic N) is 2. The van der Waals surface area contributed by atoms with Gasteiger partial charge < -0.3 is 15.4 Å². The lowest BCUT2D eigenvalue weighted by Crippen LogP contribution is -2.24. The Morgan fingerprint density at radius 3 is 2.59 bits per heavy atom. The Morgan fingerprint density at radius 1 is 1.07 bits per heavy atom. The second-order valence-electron chi connectivity index (χ2n) is 5.76. The first-order valence-corrected chi connectivity index (χ1v) is 8.74. The van der Waals surface area contributed by atoms with Crippen molar-refractivity contribution in [3.05, 3.63) is 82.8 Å². The Balaban J connectivity index is 1.58. The largest absolute Gasteiger partial charge is 0.497 e. The number of ether oxygens (including phenoxy) is 1. The number of rotatable bonds is 7. The topological polar surface area (TPSA) is 76.1 Å². The molecule has 2 N–H and O–H groups in total. The average molecular weight is 383 g/mol. The van der Waals surface area contributed by atoms with E-state index in [4.69, 9.17) is 16.3 Å². The molecule has 138 valence electrons. The van der Waals surface area contributed by atoms with Gasteiger partial charge in [0.05, 0.1) is 7.11 Å². The van der Waals surface area contributed by atoms with Crippen molar-refractivity contribution in [1.29, 1.82) is 0 Å². The standard InChI is InChI=1S/C20H19ClN4O2/c1-27-16-8-6-14(7-9-16)11-23-20(26)18-10-19(25-13-24-18)22-12-15-4-2-3-5-17(15)21/h2-10,13H,11-12H2,1H3,(H,23,26)(H,22,24,25). The van der Waals surface area contributed by atoms with Crippen molar-refractivity contribution in [3.63, 3.8) is 0 Å². The Hall–Kier alpha value is -3.12. The third-order valence-corrected chi connectivity index (χ3v) is 4.30. The highest BCUT2D eigenvalue weighted by molar-refractivity contribution is 6.31. The normalized spacial score (nSPS) is 10.3. The van der Waals surface area contributed by atoms with E-state index in [0.29, 0.717) is 29.6 Å². The van der Waals surface area contributed by atoms with Gasteiger partial charge in [0, 0.05) is 24.2 Å². The Kier molecular flexibility index (Phi) is 6.22. The third kappa shape index (κ3) is 5.18. The van der Waals surface area contributed by atoms with E-state index in [1.54, 1.807) is 13.2 Å². The zero-order valence-electron chi connectivity index (χ0n) is 14.8. The number of hydrogen-bond donors (Lipinski definition) is 2. The number of halogens is 1. The van der Waals surface area contributed by atoms with Gasteiger partial charge in [-0.2, -0.15) is 0 Å². The van der Waals surface area contributed by atoms with Gasteiger partial charge in [-0.3, -0.25) is 4.79 Å². The van der Waals surface area contributed by atoms with E-state index >= 15 is 0 Å². The van der Waals surface area contributed by atoms with Gasteiger partial charge in [0.2, 0.25) is 0 Å². The maximum absolute atomic E-state index is 12.3. The molecule has 7 heteroatoms. The summed E-state index contributed by atoms with van der Waals surface area (Å²) in [4.78, 5) is 20.5. The first-order valence-electron chi connectivity index (χ1n) is 8.36. The molecule has 0 radical (unpaired) electrons. The molecule has 1 aromatic heterocycles. The highest BCUT2D eigenvalue weighted by atomic mass is 35.5. The molecule has 0 aliphatic carbocycles. The number of aromatic nitrogens is 2. The van der Waals surface area contributed by atoms with Crippen LogP contribution in [0, 0.1) is 0 Å². The molecule has 3 aromatic rings. The molecular weight excluding hydrogens is 364 g/mol. The van der Waals surface area contributed by atoms with Gasteiger partial charge in [-0.15, -0.1) is 0 Å². The van der Waals surface area contributed by atoms with Crippen molar-refractivity contribution in [2.24, 2.45) is 0 Å². The molecule has 2 aromatic carbocycles. The molecular formula is C20H19ClN4O2. The van der Waals surface area contributed by atoms with Crippen molar-refractivity contribution in [3.8, 4) is 5.75 Å². The van der Waals surface area contributed by atoms with Crippen LogP contribution in [0.2, 0.25) is 5.02 Å². The number of carbonyl (C=O) groups excluding carboxylic acids is 1. The van der Waals surface area contributed by atoms with E-state index in [1.807, 2.05) is 48.5 Å². The second kappa shape index (κ2) is 9.00. The number of amides is 1. The highest BCUT2D eigenvalue weighted by Crippen LogP contribution is 2.16. The van der Waals surface area contributed by atoms with Crippen molar-refractivity contribution in [2.45, 2.75) is 13.1 Å². The van der Waals surface area contributed by atoms with E-state index in [-0.39, 0.29) is 5.91 Å². The van der Waals surface area contributed by atoms with Crippen LogP contribution in [0.15, 0.2) is 60.9 Å². The van der Waals surface area contributed by atoms with Crippen molar-refractivity contribution in [1.82, 2.24) is 15.3 Å². The minimum Gasteiger partial charge on any atom is -0.497 e. The van der Waals surface area contributed by atoms with Crippen LogP contribution in [0.25, 0.3) is 0 Å². The Bertz CT molecular complexity index is 916. The fraction of sp³-hybridized carbons (Fsp3) is 0.150. The molecule has 1 amide bonds. The lowest BCUT2D eigenvalue weighted by atomic mass is 10.2. The number of methoxy groups -OCH3 is 1. The summed E-state index contributed by atoms with van der Waals surface area (Å²) in [6.45, 7) is 0.902. The number of nitrogens with one attached hydrogen (secondary N) is 2. The predicted octanol–water partition coefficient (Wildman–Crippen LogP) is 3.68. The molecule has 0 aliphatic heterocycles. The van der Waals surface area contributed by atoms with Crippen LogP contribution in [0.3, 0.4) is 0 Å². The summed E-state index contributed by atoms with van der Waals surface area (Å²) in [6, 6.07) is 16.7. The zero-order chi connectivity index (χ0) is 19.1. The van der Waals surface area contributed by atoms with Crippen LogP contribution < -0.4 is 15.4 Å². The average Bonchev–Trinajstić information content (AvgIpc) is 2.72. The van der Waals surface area contributed by atoms with Crippen LogP contribution in [0.1, 0.15) is 21.6 Å². The first-order chi connectivity index (χ1) is 13.2. The van der Waals surface area contributed by atoms with Gasteiger partial charge >= 0.3 is 0 Å². The minimum absolute atomic E-state index is 0.269. The fourth-order valence-electron chi connectivity index (χ4n) is 2.42. The van der Waals surface area contributed by atoms with Crippen molar-refractivity contribution >= 4 is 23.3 Å². The Labute approximate surface area is 162 Å². The summed E-state index contributed by atoms with van der Waals surface area (Å²) < 4.78 is 5.12. The van der Waals surface area contributed by atoms with Crippen LogP contribution in [-0.4, -0.2) is 23.0 Å². The van der Waals surface area contributed by atoms with Gasteiger partial charge in [0.25, 0.3) is 5.91 Å². The summed E-state index contributed by atoms with van der Waals surface area (Å²) in [5.41, 5.74) is 2.21. The second-order valence-corrected chi connectivity index (χ2v) is 6.17. The maximum Gasteiger partial charge on any atom is 0.270 e. The number of carbonyl (C=O) groups is 1. The molecule has 0 saturated heterocycles. The van der Waals surface area contributed by atoms with Crippen LogP contribution in [0.5, 0.6) is 5.75 Å². The molecule has 0 unspecified atom stereocenters. The molecule has 0 atom stereocenters. The van der Waals surface area contributed by atoms with E-state index in [9.17, 15) is 4.79 Å². The predicted molar refractivity (Wildman–Crippen MR) is 105 cm³/mol. The van der Waals surface area contributed by atoms with Gasteiger partial charge in [-0.1, -0.05) is 41.9 Å². The molecule has 6 nitrogen and oxygen atoms in total. The van der Waals surface area contributed by atoms with E-state index < -0.39 is 0 Å². The highest BCUT2D eigenvalue weighted by Gasteiger charge is 2.09. The molecule has 3 rings (SSSR count). The molecule has 27 heavy (non-hydrogen) atoms. The third-order valence-electron chi connectivity index (χ3n) is 3.93. The first kappa shape index (κ1) is 18.7. The quantitative estimate of drug-likeness (QED) is 0.651. The number of benzene rings is 2. The van der Waals surface area contributed by atoms with E-state index in [0.717, 1.165) is 16.9 Å². The summed E-state index contributed by atoms with van der Waals surface area (Å²) in [7, 11) is 1.61. The lowest BCUT2D eigenvalue weighted by Gasteiger charge is -2.09. The number of anilines is 1. The summed E-state index contributed by atoms with van der Waals surface area (Å²) in [5.74, 6) is 1.06. The van der Waals surface area contributed by atoms with Gasteiger partial charge in [-0.25, -0.2) is 9.97 Å². The van der Waals surface area contributed by atoms with E-state index in [1.165, 1.54) is 6.33 Å². The van der Waals surface area contributed by atoms with Crippen LogP contribution >= 0.6 is 11.6 Å². The molecule has 0 saturated carbocycles. The smallest absolute Gasteiger partial charge is 0.270 e. The lowest BCUT2D eigenvalue weighted by molar-refractivity contribution is 0.0946. The van der Waals surface area contributed by atoms with Gasteiger partial charge in [0.1, 0.15) is 23.6 Å². The van der Waals surface area contributed by atoms with Crippen LogP contribution in [-0.2, 0) is 13.1 Å². The number of hydrogen-bond acceptors (Lipinski definition) is 5. The van der Waals surface area contributed by atoms with Crippen molar-refractivity contribution in [2.75, 3.05) is 12.4 Å².